The molecule has 0 bridgehead atoms. The van der Waals surface area contributed by atoms with Crippen LogP contribution < -0.4 is 10.1 Å². The molecule has 2 N–H and O–H groups in total. The van der Waals surface area contributed by atoms with E-state index in [1.54, 1.807) is 7.11 Å². The van der Waals surface area contributed by atoms with Crippen LogP contribution >= 0.6 is 11.3 Å². The van der Waals surface area contributed by atoms with Crippen LogP contribution in [-0.2, 0) is 0 Å². The number of nitrogens with zero attached hydrogens (tertiary/aromatic N) is 2. The van der Waals surface area contributed by atoms with Gasteiger partial charge in [0.15, 0.2) is 5.82 Å². The second kappa shape index (κ2) is 6.24. The third-order valence-electron chi connectivity index (χ3n) is 4.57. The molecule has 1 amide bonds. The maximum absolute atomic E-state index is 12.7. The summed E-state index contributed by atoms with van der Waals surface area (Å²) >= 11 is 1.46. The number of methoxy groups -OCH3 is 1. The van der Waals surface area contributed by atoms with Crippen LogP contribution in [0.1, 0.15) is 35.1 Å². The molecular formula is C19H16N4O3S. The predicted molar refractivity (Wildman–Crippen MR) is 102 cm³/mol. The topological polar surface area (TPSA) is 93.0 Å². The highest BCUT2D eigenvalue weighted by Gasteiger charge is 2.29. The zero-order chi connectivity index (χ0) is 18.4. The van der Waals surface area contributed by atoms with E-state index in [2.05, 4.69) is 20.4 Å². The molecule has 0 spiro atoms. The summed E-state index contributed by atoms with van der Waals surface area (Å²) in [6.07, 6.45) is 2.22. The molecular weight excluding hydrogens is 364 g/mol. The second-order valence-electron chi connectivity index (χ2n) is 6.49. The summed E-state index contributed by atoms with van der Waals surface area (Å²) in [5.41, 5.74) is 1.97. The number of ether oxygens (including phenoxy) is 1. The monoisotopic (exact) mass is 380 g/mol. The Morgan fingerprint density at radius 2 is 2.22 bits per heavy atom. The predicted octanol–water partition coefficient (Wildman–Crippen LogP) is 4.42. The van der Waals surface area contributed by atoms with Gasteiger partial charge in [-0.05, 0) is 42.5 Å². The zero-order valence-corrected chi connectivity index (χ0v) is 15.3. The van der Waals surface area contributed by atoms with Crippen LogP contribution in [0.15, 0.2) is 40.2 Å². The summed E-state index contributed by atoms with van der Waals surface area (Å²) in [7, 11) is 1.61. The first-order valence-corrected chi connectivity index (χ1v) is 9.49. The first-order valence-electron chi connectivity index (χ1n) is 8.61. The van der Waals surface area contributed by atoms with E-state index in [0.717, 1.165) is 40.2 Å². The Hall–Kier alpha value is -3.13. The molecule has 3 heterocycles. The average Bonchev–Trinajstić information content (AvgIpc) is 3.10. The SMILES string of the molecule is COc1ccc2cc(C(=O)Nc3ccsc3-c3nc(C4CC4)no3)[nH]c2c1. The van der Waals surface area contributed by atoms with Gasteiger partial charge in [0.2, 0.25) is 0 Å². The minimum atomic E-state index is -0.230. The van der Waals surface area contributed by atoms with Crippen LogP contribution in [-0.4, -0.2) is 28.1 Å². The first-order chi connectivity index (χ1) is 13.2. The van der Waals surface area contributed by atoms with Gasteiger partial charge in [0.1, 0.15) is 16.3 Å². The van der Waals surface area contributed by atoms with E-state index in [1.165, 1.54) is 11.3 Å². The maximum Gasteiger partial charge on any atom is 0.272 e. The number of rotatable bonds is 5. The van der Waals surface area contributed by atoms with E-state index >= 15 is 0 Å². The number of anilines is 1. The van der Waals surface area contributed by atoms with E-state index in [4.69, 9.17) is 9.26 Å². The largest absolute Gasteiger partial charge is 0.497 e. The fraction of sp³-hybridized carbons (Fsp3) is 0.211. The zero-order valence-electron chi connectivity index (χ0n) is 14.5. The number of carbonyl (C=O) groups excluding carboxylic acids is 1. The van der Waals surface area contributed by atoms with Crippen LogP contribution in [0.2, 0.25) is 0 Å². The third kappa shape index (κ3) is 2.97. The highest BCUT2D eigenvalue weighted by atomic mass is 32.1. The summed E-state index contributed by atoms with van der Waals surface area (Å²) in [6, 6.07) is 9.29. The quantitative estimate of drug-likeness (QED) is 0.535. The van der Waals surface area contributed by atoms with Gasteiger partial charge in [0.25, 0.3) is 11.8 Å². The number of benzene rings is 1. The lowest BCUT2D eigenvalue weighted by Crippen LogP contribution is -2.12. The van der Waals surface area contributed by atoms with E-state index in [-0.39, 0.29) is 5.91 Å². The second-order valence-corrected chi connectivity index (χ2v) is 7.40. The highest BCUT2D eigenvalue weighted by molar-refractivity contribution is 7.14. The van der Waals surface area contributed by atoms with Gasteiger partial charge in [-0.1, -0.05) is 5.16 Å². The lowest BCUT2D eigenvalue weighted by atomic mass is 10.2. The molecule has 0 saturated heterocycles. The summed E-state index contributed by atoms with van der Waals surface area (Å²) in [4.78, 5) is 21.1. The number of H-pyrrole nitrogens is 1. The molecule has 8 heteroatoms. The van der Waals surface area contributed by atoms with Gasteiger partial charge in [0.05, 0.1) is 12.8 Å². The van der Waals surface area contributed by atoms with Gasteiger partial charge in [-0.3, -0.25) is 4.79 Å². The lowest BCUT2D eigenvalue weighted by Gasteiger charge is -2.02. The molecule has 4 aromatic rings. The molecule has 1 fully saturated rings. The standard InChI is InChI=1S/C19H16N4O3S/c1-25-12-5-4-11-8-15(20-14(11)9-12)18(24)21-13-6-7-27-16(13)19-22-17(23-26-19)10-2-3-10/h4-10,20H,2-3H2,1H3,(H,21,24). The summed E-state index contributed by atoms with van der Waals surface area (Å²) in [6.45, 7) is 0. The third-order valence-corrected chi connectivity index (χ3v) is 5.47. The van der Waals surface area contributed by atoms with Crippen molar-refractivity contribution in [2.24, 2.45) is 0 Å². The molecule has 0 atom stereocenters. The van der Waals surface area contributed by atoms with Gasteiger partial charge in [0, 0.05) is 22.9 Å². The Morgan fingerprint density at radius 3 is 3.04 bits per heavy atom. The van der Waals surface area contributed by atoms with Crippen molar-refractivity contribution in [1.82, 2.24) is 15.1 Å². The minimum absolute atomic E-state index is 0.230. The summed E-state index contributed by atoms with van der Waals surface area (Å²) in [5, 5.41) is 9.81. The Kier molecular flexibility index (Phi) is 3.71. The van der Waals surface area contributed by atoms with Crippen LogP contribution in [0.4, 0.5) is 5.69 Å². The molecule has 0 radical (unpaired) electrons. The molecule has 3 aromatic heterocycles. The number of fused-ring (bicyclic) bond motifs is 1. The normalized spacial score (nSPS) is 13.8. The Balaban J connectivity index is 1.40. The maximum atomic E-state index is 12.7. The molecule has 27 heavy (non-hydrogen) atoms. The molecule has 7 nitrogen and oxygen atoms in total. The van der Waals surface area contributed by atoms with E-state index in [0.29, 0.717) is 23.2 Å². The summed E-state index contributed by atoms with van der Waals surface area (Å²) in [5.74, 6) is 2.12. The van der Waals surface area contributed by atoms with Gasteiger partial charge in [-0.2, -0.15) is 4.98 Å². The number of thiophene rings is 1. The van der Waals surface area contributed by atoms with Crippen molar-refractivity contribution in [3.63, 3.8) is 0 Å². The van der Waals surface area contributed by atoms with Crippen molar-refractivity contribution >= 4 is 33.8 Å². The molecule has 0 unspecified atom stereocenters. The number of carbonyl (C=O) groups is 1. The fourth-order valence-electron chi connectivity index (χ4n) is 2.95. The lowest BCUT2D eigenvalue weighted by molar-refractivity contribution is 0.102. The molecule has 136 valence electrons. The van der Waals surface area contributed by atoms with E-state index in [9.17, 15) is 4.79 Å². The van der Waals surface area contributed by atoms with Crippen LogP contribution in [0.25, 0.3) is 21.7 Å². The molecule has 1 saturated carbocycles. The van der Waals surface area contributed by atoms with Gasteiger partial charge in [-0.15, -0.1) is 11.3 Å². The first kappa shape index (κ1) is 16.1. The number of aromatic amines is 1. The average molecular weight is 380 g/mol. The number of amides is 1. The van der Waals surface area contributed by atoms with Crippen molar-refractivity contribution in [3.8, 4) is 16.5 Å². The van der Waals surface area contributed by atoms with Crippen LogP contribution in [0.3, 0.4) is 0 Å². The van der Waals surface area contributed by atoms with Gasteiger partial charge < -0.3 is 19.6 Å². The van der Waals surface area contributed by atoms with Crippen LogP contribution in [0, 0.1) is 0 Å². The number of hydrogen-bond acceptors (Lipinski definition) is 6. The van der Waals surface area contributed by atoms with Crippen molar-refractivity contribution < 1.29 is 14.1 Å². The van der Waals surface area contributed by atoms with E-state index < -0.39 is 0 Å². The Labute approximate surface area is 158 Å². The summed E-state index contributed by atoms with van der Waals surface area (Å²) < 4.78 is 10.6. The molecule has 1 aliphatic rings. The van der Waals surface area contributed by atoms with E-state index in [1.807, 2.05) is 35.7 Å². The number of nitrogens with one attached hydrogen (secondary N) is 2. The van der Waals surface area contributed by atoms with Crippen molar-refractivity contribution in [2.75, 3.05) is 12.4 Å². The molecule has 0 aliphatic heterocycles. The minimum Gasteiger partial charge on any atom is -0.497 e. The Morgan fingerprint density at radius 1 is 1.33 bits per heavy atom. The molecule has 1 aliphatic carbocycles. The smallest absolute Gasteiger partial charge is 0.272 e. The van der Waals surface area contributed by atoms with Crippen molar-refractivity contribution in [3.05, 3.63) is 47.2 Å². The van der Waals surface area contributed by atoms with Gasteiger partial charge in [-0.25, -0.2) is 0 Å². The molecule has 1 aromatic carbocycles. The highest BCUT2D eigenvalue weighted by Crippen LogP contribution is 2.40. The number of hydrogen-bond donors (Lipinski definition) is 2. The number of aromatic nitrogens is 3. The van der Waals surface area contributed by atoms with Crippen molar-refractivity contribution in [2.45, 2.75) is 18.8 Å². The Bertz CT molecular complexity index is 1140. The molecule has 5 rings (SSSR count). The van der Waals surface area contributed by atoms with Crippen LogP contribution in [0.5, 0.6) is 5.75 Å². The van der Waals surface area contributed by atoms with Crippen molar-refractivity contribution in [1.29, 1.82) is 0 Å². The fourth-order valence-corrected chi connectivity index (χ4v) is 3.72. The van der Waals surface area contributed by atoms with Gasteiger partial charge >= 0.3 is 0 Å².